The van der Waals surface area contributed by atoms with Crippen LogP contribution >= 0.6 is 12.2 Å². The summed E-state index contributed by atoms with van der Waals surface area (Å²) in [4.78, 5) is 0. The molecule has 0 unspecified atom stereocenters. The molecule has 98 valence electrons. The van der Waals surface area contributed by atoms with Crippen LogP contribution in [0.15, 0.2) is 0 Å². The van der Waals surface area contributed by atoms with Crippen LogP contribution in [-0.4, -0.2) is 21.4 Å². The predicted molar refractivity (Wildman–Crippen MR) is 77.0 cm³/mol. The van der Waals surface area contributed by atoms with E-state index in [1.807, 2.05) is 0 Å². The molecule has 1 aliphatic heterocycles. The molecule has 0 spiro atoms. The molecule has 5 heteroatoms. The highest BCUT2D eigenvalue weighted by Gasteiger charge is 2.27. The number of fused-ring (bicyclic) bond motifs is 1. The Labute approximate surface area is 113 Å². The van der Waals surface area contributed by atoms with Crippen LogP contribution in [0.1, 0.15) is 55.7 Å². The highest BCUT2D eigenvalue weighted by Crippen LogP contribution is 2.38. The second kappa shape index (κ2) is 4.88. The molecule has 18 heavy (non-hydrogen) atoms. The molecule has 2 heterocycles. The van der Waals surface area contributed by atoms with Crippen LogP contribution in [0.4, 0.5) is 5.82 Å². The Bertz CT molecular complexity index is 460. The van der Waals surface area contributed by atoms with Gasteiger partial charge >= 0.3 is 0 Å². The summed E-state index contributed by atoms with van der Waals surface area (Å²) in [7, 11) is 0. The number of aromatic nitrogens is 2. The number of nitrogens with zero attached hydrogens (tertiary/aromatic N) is 2. The highest BCUT2D eigenvalue weighted by atomic mass is 32.1. The van der Waals surface area contributed by atoms with Crippen LogP contribution in [0.5, 0.6) is 0 Å². The summed E-state index contributed by atoms with van der Waals surface area (Å²) in [6, 6.07) is 0. The fraction of sp³-hybridized carbons (Fsp3) is 0.692. The van der Waals surface area contributed by atoms with Crippen LogP contribution in [0, 0.1) is 0 Å². The molecule has 0 saturated heterocycles. The normalized spacial score (nSPS) is 20.2. The molecule has 3 rings (SSSR count). The zero-order valence-corrected chi connectivity index (χ0v) is 11.4. The topological polar surface area (TPSA) is 55.9 Å². The average molecular weight is 264 g/mol. The van der Waals surface area contributed by atoms with E-state index < -0.39 is 0 Å². The fourth-order valence-electron chi connectivity index (χ4n) is 3.22. The van der Waals surface area contributed by atoms with Crippen molar-refractivity contribution in [3.05, 3.63) is 11.3 Å². The smallest absolute Gasteiger partial charge is 0.193 e. The van der Waals surface area contributed by atoms with E-state index >= 15 is 0 Å². The van der Waals surface area contributed by atoms with E-state index in [9.17, 15) is 0 Å². The number of thiocarbonyl (C=S) groups is 1. The van der Waals surface area contributed by atoms with Gasteiger partial charge in [-0.3, -0.25) is 0 Å². The molecule has 0 bridgehead atoms. The second-order valence-corrected chi connectivity index (χ2v) is 5.75. The number of hydrogen-bond donors (Lipinski definition) is 2. The molecule has 0 atom stereocenters. The first-order valence-electron chi connectivity index (χ1n) is 6.93. The third-order valence-electron chi connectivity index (χ3n) is 4.11. The van der Waals surface area contributed by atoms with E-state index in [0.29, 0.717) is 11.0 Å². The van der Waals surface area contributed by atoms with E-state index in [4.69, 9.17) is 23.1 Å². The van der Waals surface area contributed by atoms with Crippen molar-refractivity contribution in [2.24, 2.45) is 5.73 Å². The molecular weight excluding hydrogens is 244 g/mol. The molecule has 4 nitrogen and oxygen atoms in total. The summed E-state index contributed by atoms with van der Waals surface area (Å²) >= 11 is 5.12. The van der Waals surface area contributed by atoms with Crippen molar-refractivity contribution in [3.63, 3.8) is 0 Å². The van der Waals surface area contributed by atoms with E-state index in [1.165, 1.54) is 49.8 Å². The molecule has 0 radical (unpaired) electrons. The van der Waals surface area contributed by atoms with Crippen molar-refractivity contribution in [2.75, 3.05) is 11.9 Å². The lowest BCUT2D eigenvalue weighted by Crippen LogP contribution is -2.23. The van der Waals surface area contributed by atoms with Gasteiger partial charge in [-0.25, -0.2) is 0 Å². The van der Waals surface area contributed by atoms with Gasteiger partial charge in [-0.15, -0.1) is 0 Å². The molecule has 0 aromatic carbocycles. The summed E-state index contributed by atoms with van der Waals surface area (Å²) in [6.45, 7) is 0.991. The van der Waals surface area contributed by atoms with Crippen LogP contribution in [0.3, 0.4) is 0 Å². The highest BCUT2D eigenvalue weighted by molar-refractivity contribution is 7.80. The zero-order valence-electron chi connectivity index (χ0n) is 10.6. The number of rotatable bonds is 1. The summed E-state index contributed by atoms with van der Waals surface area (Å²) in [5.74, 6) is 1.68. The van der Waals surface area contributed by atoms with Crippen molar-refractivity contribution in [3.8, 4) is 0 Å². The minimum atomic E-state index is 0.352. The molecule has 0 amide bonds. The Hall–Kier alpha value is -1.10. The van der Waals surface area contributed by atoms with Crippen LogP contribution in [-0.2, 0) is 6.42 Å². The zero-order chi connectivity index (χ0) is 12.5. The monoisotopic (exact) mass is 264 g/mol. The maximum Gasteiger partial charge on any atom is 0.193 e. The van der Waals surface area contributed by atoms with Gasteiger partial charge in [0.1, 0.15) is 5.82 Å². The average Bonchev–Trinajstić information content (AvgIpc) is 2.91. The third kappa shape index (κ3) is 2.00. The first-order valence-corrected chi connectivity index (χ1v) is 7.33. The number of hydrogen-bond acceptors (Lipinski definition) is 3. The molecule has 1 aromatic heterocycles. The first kappa shape index (κ1) is 12.0. The fourth-order valence-corrected chi connectivity index (χ4v) is 3.35. The number of nitrogens with two attached hydrogens (primary N) is 1. The van der Waals surface area contributed by atoms with Crippen LogP contribution in [0.2, 0.25) is 0 Å². The maximum absolute atomic E-state index is 5.79. The Balaban J connectivity index is 2.05. The van der Waals surface area contributed by atoms with Crippen molar-refractivity contribution in [2.45, 2.75) is 50.9 Å². The summed E-state index contributed by atoms with van der Waals surface area (Å²) in [5.41, 5.74) is 8.41. The number of anilines is 1. The SMILES string of the molecule is NC(=S)n1nc(C2CCCC2)c2c1NCCCC2. The van der Waals surface area contributed by atoms with Crippen LogP contribution < -0.4 is 11.1 Å². The van der Waals surface area contributed by atoms with Gasteiger partial charge in [0.25, 0.3) is 0 Å². The standard InChI is InChI=1S/C13H20N4S/c14-13(18)17-12-10(7-3-4-8-15-12)11(16-17)9-5-1-2-6-9/h9,15H,1-8H2,(H2,14,18). The van der Waals surface area contributed by atoms with E-state index in [0.717, 1.165) is 18.8 Å². The van der Waals surface area contributed by atoms with Crippen molar-refractivity contribution >= 4 is 23.1 Å². The Morgan fingerprint density at radius 1 is 1.28 bits per heavy atom. The Kier molecular flexibility index (Phi) is 3.24. The molecular formula is C13H20N4S. The minimum Gasteiger partial charge on any atom is -0.374 e. The molecule has 3 N–H and O–H groups in total. The van der Waals surface area contributed by atoms with E-state index in [2.05, 4.69) is 5.32 Å². The second-order valence-electron chi connectivity index (χ2n) is 5.33. The number of nitrogens with one attached hydrogen (secondary N) is 1. The Morgan fingerprint density at radius 2 is 2.06 bits per heavy atom. The van der Waals surface area contributed by atoms with Gasteiger partial charge < -0.3 is 11.1 Å². The lowest BCUT2D eigenvalue weighted by atomic mass is 9.97. The van der Waals surface area contributed by atoms with Gasteiger partial charge in [0.15, 0.2) is 5.11 Å². The molecule has 1 aromatic rings. The van der Waals surface area contributed by atoms with Crippen molar-refractivity contribution in [1.29, 1.82) is 0 Å². The summed E-state index contributed by atoms with van der Waals surface area (Å²) < 4.78 is 1.74. The quantitative estimate of drug-likeness (QED) is 0.765. The predicted octanol–water partition coefficient (Wildman–Crippen LogP) is 2.38. The van der Waals surface area contributed by atoms with Gasteiger partial charge in [-0.1, -0.05) is 12.8 Å². The van der Waals surface area contributed by atoms with Gasteiger partial charge in [0.05, 0.1) is 5.69 Å². The Morgan fingerprint density at radius 3 is 2.78 bits per heavy atom. The van der Waals surface area contributed by atoms with Gasteiger partial charge in [-0.2, -0.15) is 9.78 Å². The third-order valence-corrected chi connectivity index (χ3v) is 4.28. The van der Waals surface area contributed by atoms with Gasteiger partial charge in [0, 0.05) is 18.0 Å². The van der Waals surface area contributed by atoms with Crippen molar-refractivity contribution in [1.82, 2.24) is 9.78 Å². The minimum absolute atomic E-state index is 0.352. The van der Waals surface area contributed by atoms with E-state index in [1.54, 1.807) is 4.68 Å². The maximum atomic E-state index is 5.79. The largest absolute Gasteiger partial charge is 0.374 e. The van der Waals surface area contributed by atoms with Crippen LogP contribution in [0.25, 0.3) is 0 Å². The molecule has 2 aliphatic rings. The summed E-state index contributed by atoms with van der Waals surface area (Å²) in [5, 5.41) is 8.51. The molecule has 1 fully saturated rings. The summed E-state index contributed by atoms with van der Waals surface area (Å²) in [6.07, 6.45) is 8.72. The van der Waals surface area contributed by atoms with Gasteiger partial charge in [0.2, 0.25) is 0 Å². The lowest BCUT2D eigenvalue weighted by molar-refractivity contribution is 0.668. The molecule has 1 aliphatic carbocycles. The lowest BCUT2D eigenvalue weighted by Gasteiger charge is -2.08. The molecule has 1 saturated carbocycles. The first-order chi connectivity index (χ1) is 8.77. The van der Waals surface area contributed by atoms with E-state index in [-0.39, 0.29) is 0 Å². The van der Waals surface area contributed by atoms with Crippen molar-refractivity contribution < 1.29 is 0 Å². The van der Waals surface area contributed by atoms with Gasteiger partial charge in [-0.05, 0) is 44.3 Å².